The summed E-state index contributed by atoms with van der Waals surface area (Å²) in [5.41, 5.74) is 1.03. The van der Waals surface area contributed by atoms with Crippen LogP contribution in [0.25, 0.3) is 10.6 Å². The molecule has 0 spiro atoms. The number of nitrogens with zero attached hydrogens (tertiary/aromatic N) is 4. The summed E-state index contributed by atoms with van der Waals surface area (Å²) in [7, 11) is 3.86. The number of hydrogen-bond donors (Lipinski definition) is 0. The van der Waals surface area contributed by atoms with Gasteiger partial charge in [0.1, 0.15) is 0 Å². The second-order valence-electron chi connectivity index (χ2n) is 3.37. The Labute approximate surface area is 123 Å². The second kappa shape index (κ2) is 10.3. The fourth-order valence-corrected chi connectivity index (χ4v) is 1.26. The van der Waals surface area contributed by atoms with E-state index < -0.39 is 0 Å². The third-order valence-electron chi connectivity index (χ3n) is 2.12. The van der Waals surface area contributed by atoms with E-state index in [-0.39, 0.29) is 37.7 Å². The molecule has 0 bridgehead atoms. The van der Waals surface area contributed by atoms with E-state index in [0.29, 0.717) is 0 Å². The summed E-state index contributed by atoms with van der Waals surface area (Å²) in [5, 5.41) is 8.36. The van der Waals surface area contributed by atoms with Crippen molar-refractivity contribution in [3.05, 3.63) is 22.5 Å². The molecule has 1 saturated heterocycles. The average Bonchev–Trinajstić information content (AvgIpc) is 2.52. The van der Waals surface area contributed by atoms with Crippen LogP contribution in [-0.4, -0.2) is 50.9 Å². The first-order chi connectivity index (χ1) is 6.74. The van der Waals surface area contributed by atoms with Crippen LogP contribution in [-0.2, 0) is 0 Å². The quantitative estimate of drug-likeness (QED) is 0.261. The zero-order valence-electron chi connectivity index (χ0n) is 11.2. The largest absolute Gasteiger partial charge is 1.00 e. The SMILES string of the molecule is C[N-]CCN=C(C)/C=C1\[N-]CCN1C.[Li+].[Li+]. The van der Waals surface area contributed by atoms with E-state index in [1.807, 2.05) is 20.0 Å². The molecular weight excluding hydrogens is 190 g/mol. The summed E-state index contributed by atoms with van der Waals surface area (Å²) < 4.78 is 0. The summed E-state index contributed by atoms with van der Waals surface area (Å²) in [6.07, 6.45) is 2.03. The molecule has 1 aliphatic heterocycles. The molecule has 6 heteroatoms. The van der Waals surface area contributed by atoms with Gasteiger partial charge >= 0.3 is 37.7 Å². The number of allylic oxidation sites excluding steroid dienone is 1. The molecule has 0 amide bonds. The molecule has 0 atom stereocenters. The first-order valence-corrected chi connectivity index (χ1v) is 4.91. The summed E-state index contributed by atoms with van der Waals surface area (Å²) >= 11 is 0. The van der Waals surface area contributed by atoms with Gasteiger partial charge in [-0.25, -0.2) is 0 Å². The third-order valence-corrected chi connectivity index (χ3v) is 2.12. The van der Waals surface area contributed by atoms with Gasteiger partial charge in [-0.2, -0.15) is 7.05 Å². The molecule has 1 aliphatic rings. The third kappa shape index (κ3) is 6.68. The Morgan fingerprint density at radius 3 is 2.75 bits per heavy atom. The Bertz CT molecular complexity index is 241. The van der Waals surface area contributed by atoms with Crippen LogP contribution in [0.2, 0.25) is 0 Å². The van der Waals surface area contributed by atoms with Gasteiger partial charge in [-0.3, -0.25) is 4.99 Å². The molecule has 0 aromatic carbocycles. The van der Waals surface area contributed by atoms with Crippen LogP contribution >= 0.6 is 0 Å². The van der Waals surface area contributed by atoms with Gasteiger partial charge in [0, 0.05) is 12.3 Å². The van der Waals surface area contributed by atoms with Crippen LogP contribution in [0.1, 0.15) is 6.92 Å². The first kappa shape index (κ1) is 18.5. The molecule has 1 rings (SSSR count). The van der Waals surface area contributed by atoms with Gasteiger partial charge in [-0.15, -0.1) is 6.54 Å². The Hall–Kier alpha value is 0.165. The monoisotopic (exact) mass is 208 g/mol. The van der Waals surface area contributed by atoms with E-state index >= 15 is 0 Å². The smallest absolute Gasteiger partial charge is 0.664 e. The molecule has 0 aromatic rings. The number of aliphatic imine (C=N–C) groups is 1. The van der Waals surface area contributed by atoms with Gasteiger partial charge < -0.3 is 15.5 Å². The van der Waals surface area contributed by atoms with Crippen LogP contribution < -0.4 is 37.7 Å². The van der Waals surface area contributed by atoms with Gasteiger partial charge in [-0.1, -0.05) is 26.0 Å². The fourth-order valence-electron chi connectivity index (χ4n) is 1.26. The van der Waals surface area contributed by atoms with Crippen molar-refractivity contribution < 1.29 is 37.7 Å². The van der Waals surface area contributed by atoms with Crippen LogP contribution in [0.3, 0.4) is 0 Å². The minimum atomic E-state index is 0. The molecule has 4 nitrogen and oxygen atoms in total. The Morgan fingerprint density at radius 1 is 1.56 bits per heavy atom. The van der Waals surface area contributed by atoms with Crippen LogP contribution in [0.5, 0.6) is 0 Å². The Morgan fingerprint density at radius 2 is 2.25 bits per heavy atom. The molecular formula is C10H18Li2N4. The zero-order chi connectivity index (χ0) is 10.4. The minimum absolute atomic E-state index is 0. The van der Waals surface area contributed by atoms with E-state index in [1.165, 1.54) is 0 Å². The molecule has 1 fully saturated rings. The summed E-state index contributed by atoms with van der Waals surface area (Å²) in [5.74, 6) is 1.04. The molecule has 0 radical (unpaired) electrons. The molecule has 0 saturated carbocycles. The molecule has 80 valence electrons. The number of likely N-dealkylation sites (N-methyl/N-ethyl adjacent to an activating group) is 2. The summed E-state index contributed by atoms with van der Waals surface area (Å²) in [6.45, 7) is 5.50. The molecule has 16 heavy (non-hydrogen) atoms. The summed E-state index contributed by atoms with van der Waals surface area (Å²) in [4.78, 5) is 6.51. The molecule has 1 heterocycles. The molecule has 0 aliphatic carbocycles. The average molecular weight is 208 g/mol. The van der Waals surface area contributed by atoms with Crippen LogP contribution in [0.15, 0.2) is 16.9 Å². The fraction of sp³-hybridized carbons (Fsp3) is 0.700. The van der Waals surface area contributed by atoms with E-state index in [1.54, 1.807) is 0 Å². The van der Waals surface area contributed by atoms with E-state index in [4.69, 9.17) is 0 Å². The van der Waals surface area contributed by atoms with Gasteiger partial charge in [-0.05, 0) is 13.0 Å². The van der Waals surface area contributed by atoms with Crippen molar-refractivity contribution in [1.29, 1.82) is 0 Å². The molecule has 0 unspecified atom stereocenters. The van der Waals surface area contributed by atoms with Crippen LogP contribution in [0, 0.1) is 0 Å². The maximum Gasteiger partial charge on any atom is 1.00 e. The van der Waals surface area contributed by atoms with Crippen molar-refractivity contribution in [1.82, 2.24) is 4.90 Å². The Kier molecular flexibility index (Phi) is 12.0. The number of hydrogen-bond acceptors (Lipinski definition) is 2. The van der Waals surface area contributed by atoms with Crippen molar-refractivity contribution in [3.63, 3.8) is 0 Å². The van der Waals surface area contributed by atoms with Crippen molar-refractivity contribution in [2.75, 3.05) is 40.3 Å². The topological polar surface area (TPSA) is 43.8 Å². The van der Waals surface area contributed by atoms with Crippen molar-refractivity contribution >= 4 is 5.71 Å². The van der Waals surface area contributed by atoms with Gasteiger partial charge in [0.15, 0.2) is 0 Å². The van der Waals surface area contributed by atoms with Gasteiger partial charge in [0.25, 0.3) is 0 Å². The second-order valence-corrected chi connectivity index (χ2v) is 3.37. The van der Waals surface area contributed by atoms with Crippen molar-refractivity contribution in [3.8, 4) is 0 Å². The maximum absolute atomic E-state index is 4.37. The van der Waals surface area contributed by atoms with Gasteiger partial charge in [0.2, 0.25) is 0 Å². The first-order valence-electron chi connectivity index (χ1n) is 4.91. The molecule has 0 N–H and O–H groups in total. The Balaban J connectivity index is 0. The van der Waals surface area contributed by atoms with Crippen LogP contribution in [0.4, 0.5) is 0 Å². The predicted octanol–water partition coefficient (Wildman–Crippen LogP) is -4.38. The van der Waals surface area contributed by atoms with Gasteiger partial charge in [0.05, 0.1) is 0 Å². The predicted molar refractivity (Wildman–Crippen MR) is 61.1 cm³/mol. The van der Waals surface area contributed by atoms with E-state index in [2.05, 4.69) is 27.6 Å². The minimum Gasteiger partial charge on any atom is -0.664 e. The van der Waals surface area contributed by atoms with E-state index in [9.17, 15) is 0 Å². The van der Waals surface area contributed by atoms with Crippen molar-refractivity contribution in [2.24, 2.45) is 4.99 Å². The zero-order valence-corrected chi connectivity index (χ0v) is 11.2. The number of rotatable bonds is 4. The normalized spacial score (nSPS) is 17.8. The van der Waals surface area contributed by atoms with E-state index in [0.717, 1.165) is 37.7 Å². The maximum atomic E-state index is 4.37. The summed E-state index contributed by atoms with van der Waals surface area (Å²) in [6, 6.07) is 0. The standard InChI is InChI=1S/C10H18N4.2Li/c1-9(12-5-4-11-2)8-10-13-6-7-14(10)3;;/h8H,4-7H2,1-3H3;;/q-2;2*+1/b10-8+,12-9?;;. The molecule has 0 aromatic heterocycles. The van der Waals surface area contributed by atoms with Crippen molar-refractivity contribution in [2.45, 2.75) is 6.92 Å².